The van der Waals surface area contributed by atoms with Crippen LogP contribution in [-0.2, 0) is 38.5 Å². The first-order valence-corrected chi connectivity index (χ1v) is 15.4. The Morgan fingerprint density at radius 3 is 1.38 bits per heavy atom. The van der Waals surface area contributed by atoms with E-state index < -0.39 is 0 Å². The molecule has 5 heterocycles. The number of fused-ring (bicyclic) bond motifs is 10. The molecule has 206 valence electrons. The standard InChI is InChI=1S/C35H46N4/c1-9-20-24(13-5)32-34-26(15-7)22(11-3)30(38-34)19-31-23(12-4)27(16-8)35(39-31)33-25(14-6)21(10-2)29(37-33)18-17-28(20)36-32/h17-19,36,38-39H,9-16H2,1-8H3. The maximum absolute atomic E-state index is 5.34. The van der Waals surface area contributed by atoms with Crippen LogP contribution in [-0.4, -0.2) is 19.9 Å². The summed E-state index contributed by atoms with van der Waals surface area (Å²) in [4.78, 5) is 17.0. The number of rotatable bonds is 8. The van der Waals surface area contributed by atoms with Crippen molar-refractivity contribution in [3.63, 3.8) is 0 Å². The van der Waals surface area contributed by atoms with Crippen molar-refractivity contribution in [3.8, 4) is 0 Å². The topological polar surface area (TPSA) is 60.3 Å². The van der Waals surface area contributed by atoms with Gasteiger partial charge in [0.2, 0.25) is 0 Å². The van der Waals surface area contributed by atoms with Crippen molar-refractivity contribution in [3.05, 3.63) is 63.0 Å². The average molecular weight is 523 g/mol. The van der Waals surface area contributed by atoms with Crippen LogP contribution in [0.15, 0.2) is 18.2 Å². The van der Waals surface area contributed by atoms with Gasteiger partial charge < -0.3 is 15.0 Å². The molecule has 0 fully saturated rings. The van der Waals surface area contributed by atoms with Crippen LogP contribution in [0.3, 0.4) is 0 Å². The molecule has 39 heavy (non-hydrogen) atoms. The number of nitrogens with one attached hydrogen (secondary N) is 3. The lowest BCUT2D eigenvalue weighted by atomic mass is 9.98. The lowest BCUT2D eigenvalue weighted by molar-refractivity contribution is 1.07. The molecule has 4 aromatic heterocycles. The van der Waals surface area contributed by atoms with Crippen molar-refractivity contribution in [1.82, 2.24) is 19.9 Å². The molecule has 0 atom stereocenters. The number of hydrogen-bond donors (Lipinski definition) is 3. The SMILES string of the molecule is CCC1=C(CC)c2nc1ccc1[nH]c(c(CC)c1CC)c1[nH]c(cc3[nH]c2c(CC)c3CC)c(CC)c1CC. The second-order valence-electron chi connectivity index (χ2n) is 10.7. The highest BCUT2D eigenvalue weighted by molar-refractivity contribution is 5.98. The smallest absolute Gasteiger partial charge is 0.0910 e. The quantitative estimate of drug-likeness (QED) is 0.212. The van der Waals surface area contributed by atoms with Gasteiger partial charge in [-0.15, -0.1) is 0 Å². The molecule has 0 unspecified atom stereocenters. The van der Waals surface area contributed by atoms with Gasteiger partial charge in [0.05, 0.1) is 27.9 Å². The first-order chi connectivity index (χ1) is 19.0. The minimum atomic E-state index is 0.981. The number of aromatic amines is 3. The summed E-state index contributed by atoms with van der Waals surface area (Å²) in [5, 5.41) is 0. The summed E-state index contributed by atoms with van der Waals surface area (Å²) in [7, 11) is 0. The van der Waals surface area contributed by atoms with Gasteiger partial charge in [-0.2, -0.15) is 0 Å². The Hall–Kier alpha value is -3.27. The molecule has 0 spiro atoms. The Labute approximate surface area is 233 Å². The van der Waals surface area contributed by atoms with Gasteiger partial charge in [-0.3, -0.25) is 0 Å². The second-order valence-corrected chi connectivity index (χ2v) is 10.7. The fourth-order valence-electron chi connectivity index (χ4n) is 7.18. The number of allylic oxidation sites excluding steroid dienone is 2. The number of aryl methyl sites for hydroxylation is 6. The molecule has 8 bridgehead atoms. The lowest BCUT2D eigenvalue weighted by Crippen LogP contribution is -1.90. The van der Waals surface area contributed by atoms with E-state index in [2.05, 4.69) is 88.5 Å². The maximum atomic E-state index is 5.34. The van der Waals surface area contributed by atoms with Gasteiger partial charge in [-0.05, 0) is 114 Å². The summed E-state index contributed by atoms with van der Waals surface area (Å²) in [6.45, 7) is 18.2. The molecule has 0 saturated carbocycles. The van der Waals surface area contributed by atoms with E-state index in [1.54, 1.807) is 0 Å². The Balaban J connectivity index is 2.10. The second kappa shape index (κ2) is 11.1. The summed E-state index contributed by atoms with van der Waals surface area (Å²) in [5.41, 5.74) is 21.0. The van der Waals surface area contributed by atoms with Gasteiger partial charge >= 0.3 is 0 Å². The molecule has 0 amide bonds. The van der Waals surface area contributed by atoms with E-state index in [9.17, 15) is 0 Å². The van der Waals surface area contributed by atoms with Crippen LogP contribution < -0.4 is 0 Å². The molecule has 4 heteroatoms. The molecule has 0 aromatic carbocycles. The Bertz CT molecular complexity index is 1680. The zero-order chi connectivity index (χ0) is 27.8. The molecule has 4 nitrogen and oxygen atoms in total. The fraction of sp³-hybridized carbons (Fsp3) is 0.457. The third-order valence-electron chi connectivity index (χ3n) is 8.96. The van der Waals surface area contributed by atoms with Crippen molar-refractivity contribution in [2.45, 2.75) is 107 Å². The Kier molecular flexibility index (Phi) is 7.75. The number of nitrogens with zero attached hydrogens (tertiary/aromatic N) is 1. The van der Waals surface area contributed by atoms with Crippen LogP contribution in [0.25, 0.3) is 44.2 Å². The van der Waals surface area contributed by atoms with E-state index in [4.69, 9.17) is 4.98 Å². The first kappa shape index (κ1) is 27.3. The van der Waals surface area contributed by atoms with Crippen LogP contribution in [0.4, 0.5) is 0 Å². The monoisotopic (exact) mass is 522 g/mol. The molecular formula is C35H46N4. The summed E-state index contributed by atoms with van der Waals surface area (Å²) < 4.78 is 0. The van der Waals surface area contributed by atoms with Crippen molar-refractivity contribution in [2.75, 3.05) is 0 Å². The summed E-state index contributed by atoms with van der Waals surface area (Å²) in [6, 6.07) is 6.93. The largest absolute Gasteiger partial charge is 0.353 e. The highest BCUT2D eigenvalue weighted by atomic mass is 14.8. The van der Waals surface area contributed by atoms with Gasteiger partial charge in [0, 0.05) is 16.6 Å². The highest BCUT2D eigenvalue weighted by Gasteiger charge is 2.22. The fourth-order valence-corrected chi connectivity index (χ4v) is 7.18. The van der Waals surface area contributed by atoms with Gasteiger partial charge in [0.25, 0.3) is 0 Å². The lowest BCUT2D eigenvalue weighted by Gasteiger charge is -2.04. The average Bonchev–Trinajstić information content (AvgIpc) is 3.69. The molecule has 0 aliphatic carbocycles. The van der Waals surface area contributed by atoms with E-state index in [1.165, 1.54) is 77.6 Å². The van der Waals surface area contributed by atoms with Crippen LogP contribution in [0.2, 0.25) is 0 Å². The normalized spacial score (nSPS) is 12.8. The highest BCUT2D eigenvalue weighted by Crippen LogP contribution is 2.39. The van der Waals surface area contributed by atoms with E-state index >= 15 is 0 Å². The summed E-state index contributed by atoms with van der Waals surface area (Å²) in [5.74, 6) is 0. The molecule has 5 rings (SSSR count). The van der Waals surface area contributed by atoms with Crippen LogP contribution in [0, 0.1) is 0 Å². The van der Waals surface area contributed by atoms with Crippen LogP contribution >= 0.6 is 0 Å². The number of hydrogen-bond acceptors (Lipinski definition) is 1. The van der Waals surface area contributed by atoms with Crippen molar-refractivity contribution < 1.29 is 0 Å². The summed E-state index contributed by atoms with van der Waals surface area (Å²) >= 11 is 0. The molecular weight excluding hydrogens is 476 g/mol. The van der Waals surface area contributed by atoms with E-state index in [1.807, 2.05) is 0 Å². The Morgan fingerprint density at radius 1 is 0.462 bits per heavy atom. The molecule has 1 aliphatic rings. The van der Waals surface area contributed by atoms with E-state index in [0.717, 1.165) is 62.8 Å². The molecule has 0 saturated heterocycles. The van der Waals surface area contributed by atoms with E-state index in [-0.39, 0.29) is 0 Å². The van der Waals surface area contributed by atoms with E-state index in [0.29, 0.717) is 0 Å². The summed E-state index contributed by atoms with van der Waals surface area (Å²) in [6.07, 6.45) is 7.97. The van der Waals surface area contributed by atoms with Gasteiger partial charge in [0.1, 0.15) is 0 Å². The zero-order valence-electron chi connectivity index (χ0n) is 25.3. The predicted molar refractivity (Wildman–Crippen MR) is 170 cm³/mol. The minimum absolute atomic E-state index is 0.981. The molecule has 0 radical (unpaired) electrons. The van der Waals surface area contributed by atoms with Crippen LogP contribution in [0.5, 0.6) is 0 Å². The van der Waals surface area contributed by atoms with Gasteiger partial charge in [-0.1, -0.05) is 55.4 Å². The number of aromatic nitrogens is 4. The first-order valence-electron chi connectivity index (χ1n) is 15.4. The predicted octanol–water partition coefficient (Wildman–Crippen LogP) is 9.63. The molecule has 1 aliphatic heterocycles. The van der Waals surface area contributed by atoms with Crippen LogP contribution in [0.1, 0.15) is 113 Å². The zero-order valence-corrected chi connectivity index (χ0v) is 25.3. The molecule has 3 N–H and O–H groups in total. The molecule has 4 aromatic rings. The van der Waals surface area contributed by atoms with Gasteiger partial charge in [0.15, 0.2) is 0 Å². The minimum Gasteiger partial charge on any atom is -0.353 e. The van der Waals surface area contributed by atoms with Crippen molar-refractivity contribution >= 4 is 44.2 Å². The van der Waals surface area contributed by atoms with Crippen molar-refractivity contribution in [1.29, 1.82) is 0 Å². The van der Waals surface area contributed by atoms with Gasteiger partial charge in [-0.25, -0.2) is 4.98 Å². The third kappa shape index (κ3) is 4.23. The van der Waals surface area contributed by atoms with Crippen molar-refractivity contribution in [2.24, 2.45) is 0 Å². The third-order valence-corrected chi connectivity index (χ3v) is 8.96. The maximum Gasteiger partial charge on any atom is 0.0910 e. The number of H-pyrrole nitrogens is 3. The Morgan fingerprint density at radius 2 is 0.897 bits per heavy atom.